The second-order valence-electron chi connectivity index (χ2n) is 2.69. The van der Waals surface area contributed by atoms with Crippen LogP contribution in [0.3, 0.4) is 0 Å². The van der Waals surface area contributed by atoms with Gasteiger partial charge in [-0.1, -0.05) is 20.1 Å². The fraction of sp³-hybridized carbons (Fsp3) is 0.444. The van der Waals surface area contributed by atoms with Crippen molar-refractivity contribution in [1.29, 1.82) is 0 Å². The Kier molecular flexibility index (Phi) is 10.2. The van der Waals surface area contributed by atoms with Crippen molar-refractivity contribution in [2.24, 2.45) is 0 Å². The fourth-order valence-corrected chi connectivity index (χ4v) is 1.61. The Balaban J connectivity index is -0.000000980. The van der Waals surface area contributed by atoms with E-state index in [1.54, 1.807) is 6.92 Å². The van der Waals surface area contributed by atoms with Crippen molar-refractivity contribution in [2.45, 2.75) is 13.3 Å². The van der Waals surface area contributed by atoms with Gasteiger partial charge < -0.3 is 6.16 Å². The first-order chi connectivity index (χ1) is 6.91. The van der Waals surface area contributed by atoms with Gasteiger partial charge in [0.2, 0.25) is 0 Å². The van der Waals surface area contributed by atoms with Crippen LogP contribution in [0.4, 0.5) is 0 Å². The zero-order valence-electron chi connectivity index (χ0n) is 10.6. The number of hydrogen-bond acceptors (Lipinski definition) is 5. The van der Waals surface area contributed by atoms with E-state index in [2.05, 4.69) is 22.1 Å². The average molecular weight is 258 g/mol. The summed E-state index contributed by atoms with van der Waals surface area (Å²) in [7, 11) is -3.55. The Morgan fingerprint density at radius 1 is 1.50 bits per heavy atom. The third kappa shape index (κ3) is 9.11. The molecule has 0 N–H and O–H groups in total. The predicted molar refractivity (Wildman–Crippen MR) is 56.6 cm³/mol. The van der Waals surface area contributed by atoms with Gasteiger partial charge in [-0.25, -0.2) is 4.79 Å². The summed E-state index contributed by atoms with van der Waals surface area (Å²) in [6.45, 7) is 7.86. The van der Waals surface area contributed by atoms with Crippen molar-refractivity contribution in [2.75, 3.05) is 12.4 Å². The van der Waals surface area contributed by atoms with Gasteiger partial charge in [-0.2, -0.15) is 8.42 Å². The molecular formula is C9H15NaO5S. The molecule has 0 radical (unpaired) electrons. The van der Waals surface area contributed by atoms with Crippen LogP contribution in [0, 0.1) is 0 Å². The average Bonchev–Trinajstić information content (AvgIpc) is 2.15. The van der Waals surface area contributed by atoms with Crippen molar-refractivity contribution in [3.8, 4) is 0 Å². The molecule has 16 heavy (non-hydrogen) atoms. The zero-order chi connectivity index (χ0) is 11.9. The van der Waals surface area contributed by atoms with E-state index in [9.17, 15) is 13.2 Å². The van der Waals surface area contributed by atoms with E-state index in [4.69, 9.17) is 0 Å². The number of rotatable bonds is 7. The molecule has 0 bridgehead atoms. The van der Waals surface area contributed by atoms with Gasteiger partial charge in [0.1, 0.15) is 12.4 Å². The van der Waals surface area contributed by atoms with Gasteiger partial charge in [-0.05, 0) is 6.42 Å². The topological polar surface area (TPSA) is 69.7 Å². The Hall–Kier alpha value is -0.140. The third-order valence-corrected chi connectivity index (χ3v) is 2.65. The molecule has 5 nitrogen and oxygen atoms in total. The maximum absolute atomic E-state index is 11.1. The zero-order valence-corrected chi connectivity index (χ0v) is 12.4. The summed E-state index contributed by atoms with van der Waals surface area (Å²) in [4.78, 5) is 10.7. The molecule has 0 heterocycles. The van der Waals surface area contributed by atoms with Crippen LogP contribution < -0.4 is 29.6 Å². The molecule has 0 aromatic rings. The molecule has 0 fully saturated rings. The van der Waals surface area contributed by atoms with Crippen LogP contribution in [0.15, 0.2) is 25.0 Å². The largest absolute Gasteiger partial charge is 1.00 e. The summed E-state index contributed by atoms with van der Waals surface area (Å²) in [5.74, 6) is -0.841. The molecule has 0 aliphatic heterocycles. The van der Waals surface area contributed by atoms with Crippen LogP contribution in [-0.4, -0.2) is 26.7 Å². The van der Waals surface area contributed by atoms with Crippen molar-refractivity contribution < 1.29 is 53.1 Å². The van der Waals surface area contributed by atoms with E-state index in [-0.39, 0.29) is 49.1 Å². The van der Waals surface area contributed by atoms with Crippen LogP contribution in [-0.2, 0) is 23.8 Å². The van der Waals surface area contributed by atoms with Gasteiger partial charge >= 0.3 is 35.5 Å². The first-order valence-electron chi connectivity index (χ1n) is 4.30. The monoisotopic (exact) mass is 258 g/mol. The minimum atomic E-state index is -3.55. The van der Waals surface area contributed by atoms with Crippen LogP contribution >= 0.6 is 0 Å². The van der Waals surface area contributed by atoms with Crippen LogP contribution in [0.2, 0.25) is 0 Å². The standard InChI is InChI=1S/C9H14O5S.Na.H/c1-4-6-15(11,12)13-7-8(3)14-9(10)5-2;;/h5H,2-4,6-7H2,1H3;;/q;+1;-1. The van der Waals surface area contributed by atoms with E-state index in [1.165, 1.54) is 0 Å². The van der Waals surface area contributed by atoms with Gasteiger partial charge in [0.15, 0.2) is 0 Å². The van der Waals surface area contributed by atoms with Crippen LogP contribution in [0.5, 0.6) is 0 Å². The van der Waals surface area contributed by atoms with Gasteiger partial charge in [0, 0.05) is 6.08 Å². The molecule has 0 aromatic heterocycles. The Morgan fingerprint density at radius 3 is 2.50 bits per heavy atom. The van der Waals surface area contributed by atoms with Crippen molar-refractivity contribution in [3.63, 3.8) is 0 Å². The van der Waals surface area contributed by atoms with E-state index < -0.39 is 16.1 Å². The molecule has 0 atom stereocenters. The van der Waals surface area contributed by atoms with Gasteiger partial charge in [0.05, 0.1) is 5.75 Å². The molecule has 0 aromatic carbocycles. The summed E-state index contributed by atoms with van der Waals surface area (Å²) in [5, 5.41) is 0. The molecule has 0 spiro atoms. The van der Waals surface area contributed by atoms with Crippen molar-refractivity contribution >= 4 is 16.1 Å². The molecule has 0 unspecified atom stereocenters. The molecular weight excluding hydrogens is 243 g/mol. The van der Waals surface area contributed by atoms with Crippen molar-refractivity contribution in [3.05, 3.63) is 25.0 Å². The molecule has 88 valence electrons. The Morgan fingerprint density at radius 2 is 2.06 bits per heavy atom. The van der Waals surface area contributed by atoms with Gasteiger partial charge in [0.25, 0.3) is 10.1 Å². The Labute approximate surface area is 119 Å². The number of carbonyl (C=O) groups excluding carboxylic acids is 1. The summed E-state index contributed by atoms with van der Waals surface area (Å²) in [6, 6.07) is 0. The predicted octanol–water partition coefficient (Wildman–Crippen LogP) is -1.90. The van der Waals surface area contributed by atoms with E-state index in [1.807, 2.05) is 0 Å². The second-order valence-corrected chi connectivity index (χ2v) is 4.45. The van der Waals surface area contributed by atoms with Crippen molar-refractivity contribution in [1.82, 2.24) is 0 Å². The molecule has 0 saturated heterocycles. The van der Waals surface area contributed by atoms with Gasteiger partial charge in [-0.3, -0.25) is 4.18 Å². The quantitative estimate of drug-likeness (QED) is 0.175. The number of carbonyl (C=O) groups is 1. The van der Waals surface area contributed by atoms with E-state index >= 15 is 0 Å². The summed E-state index contributed by atoms with van der Waals surface area (Å²) in [5.41, 5.74) is 0. The van der Waals surface area contributed by atoms with E-state index in [0.29, 0.717) is 6.42 Å². The number of esters is 1. The molecule has 0 aliphatic carbocycles. The molecule has 0 amide bonds. The Bertz CT molecular complexity index is 352. The van der Waals surface area contributed by atoms with E-state index in [0.717, 1.165) is 6.08 Å². The summed E-state index contributed by atoms with van der Waals surface area (Å²) >= 11 is 0. The first kappa shape index (κ1) is 18.2. The fourth-order valence-electron chi connectivity index (χ4n) is 0.678. The molecule has 0 aliphatic rings. The first-order valence-corrected chi connectivity index (χ1v) is 5.88. The SMILES string of the molecule is C=CC(=O)OC(=C)COS(=O)(=O)CCC.[H-].[Na+]. The molecule has 0 rings (SSSR count). The second kappa shape index (κ2) is 8.95. The smallest absolute Gasteiger partial charge is 1.00 e. The minimum absolute atomic E-state index is 0. The third-order valence-electron chi connectivity index (χ3n) is 1.27. The van der Waals surface area contributed by atoms with Crippen LogP contribution in [0.25, 0.3) is 0 Å². The van der Waals surface area contributed by atoms with Crippen LogP contribution in [0.1, 0.15) is 14.8 Å². The molecule has 0 saturated carbocycles. The minimum Gasteiger partial charge on any atom is -1.00 e. The normalized spacial score (nSPS) is 10.1. The maximum atomic E-state index is 11.1. The van der Waals surface area contributed by atoms with Gasteiger partial charge in [-0.15, -0.1) is 0 Å². The summed E-state index contributed by atoms with van der Waals surface area (Å²) < 4.78 is 31.2. The maximum Gasteiger partial charge on any atom is 1.00 e. The number of hydrogen-bond donors (Lipinski definition) is 0. The molecule has 7 heteroatoms. The summed E-state index contributed by atoms with van der Waals surface area (Å²) in [6.07, 6.45) is 1.41. The number of ether oxygens (including phenoxy) is 1.